The Bertz CT molecular complexity index is 640. The van der Waals surface area contributed by atoms with Crippen LogP contribution in [0.4, 0.5) is 0 Å². The predicted octanol–water partition coefficient (Wildman–Crippen LogP) is 2.24. The molecule has 2 heterocycles. The molecule has 0 unspecified atom stereocenters. The fourth-order valence-electron chi connectivity index (χ4n) is 2.39. The Kier molecular flexibility index (Phi) is 2.64. The van der Waals surface area contributed by atoms with Crippen molar-refractivity contribution < 1.29 is 9.90 Å². The van der Waals surface area contributed by atoms with Gasteiger partial charge in [-0.1, -0.05) is 18.2 Å². The molecule has 4 heteroatoms. The molecule has 0 saturated heterocycles. The largest absolute Gasteiger partial charge is 0.478 e. The molecule has 1 aromatic heterocycles. The summed E-state index contributed by atoms with van der Waals surface area (Å²) in [6, 6.07) is 5.91. The third-order valence-electron chi connectivity index (χ3n) is 3.35. The monoisotopic (exact) mass is 242 g/mol. The van der Waals surface area contributed by atoms with E-state index in [-0.39, 0.29) is 0 Å². The fourth-order valence-corrected chi connectivity index (χ4v) is 2.39. The van der Waals surface area contributed by atoms with Gasteiger partial charge in [0.2, 0.25) is 0 Å². The van der Waals surface area contributed by atoms with Crippen molar-refractivity contribution in [1.29, 1.82) is 0 Å². The van der Waals surface area contributed by atoms with Crippen LogP contribution in [0.5, 0.6) is 0 Å². The summed E-state index contributed by atoms with van der Waals surface area (Å²) in [6.07, 6.45) is 4.75. The Balaban J connectivity index is 2.07. The van der Waals surface area contributed by atoms with Crippen LogP contribution in [-0.4, -0.2) is 29.1 Å². The summed E-state index contributed by atoms with van der Waals surface area (Å²) in [6.45, 7) is 1.90. The Hall–Kier alpha value is -2.07. The van der Waals surface area contributed by atoms with Gasteiger partial charge in [-0.15, -0.1) is 0 Å². The third kappa shape index (κ3) is 1.80. The summed E-state index contributed by atoms with van der Waals surface area (Å²) >= 11 is 0. The van der Waals surface area contributed by atoms with Gasteiger partial charge in [-0.25, -0.2) is 4.79 Å². The third-order valence-corrected chi connectivity index (χ3v) is 3.35. The SMILES string of the molecule is O=C(O)c1c[nH]c2cc(C3=CCNCC3)ccc12. The first-order chi connectivity index (χ1) is 8.75. The standard InChI is InChI=1S/C14H14N2O2/c17-14(18)12-8-16-13-7-10(1-2-11(12)13)9-3-5-15-6-4-9/h1-3,7-8,15-16H,4-6H2,(H,17,18). The molecule has 0 aliphatic carbocycles. The molecular weight excluding hydrogens is 228 g/mol. The van der Waals surface area contributed by atoms with Gasteiger partial charge in [-0.05, 0) is 30.2 Å². The summed E-state index contributed by atoms with van der Waals surface area (Å²) in [5.74, 6) is -0.893. The lowest BCUT2D eigenvalue weighted by Gasteiger charge is -2.14. The van der Waals surface area contributed by atoms with E-state index in [1.165, 1.54) is 11.1 Å². The van der Waals surface area contributed by atoms with Crippen molar-refractivity contribution in [2.45, 2.75) is 6.42 Å². The highest BCUT2D eigenvalue weighted by Crippen LogP contribution is 2.25. The first-order valence-electron chi connectivity index (χ1n) is 6.00. The van der Waals surface area contributed by atoms with Crippen LogP contribution in [0.1, 0.15) is 22.3 Å². The van der Waals surface area contributed by atoms with Gasteiger partial charge in [0.1, 0.15) is 0 Å². The molecule has 4 nitrogen and oxygen atoms in total. The van der Waals surface area contributed by atoms with Crippen LogP contribution < -0.4 is 5.32 Å². The summed E-state index contributed by atoms with van der Waals surface area (Å²) in [4.78, 5) is 14.0. The van der Waals surface area contributed by atoms with E-state index in [4.69, 9.17) is 5.11 Å². The summed E-state index contributed by atoms with van der Waals surface area (Å²) < 4.78 is 0. The van der Waals surface area contributed by atoms with Gasteiger partial charge >= 0.3 is 5.97 Å². The van der Waals surface area contributed by atoms with Crippen LogP contribution in [0.2, 0.25) is 0 Å². The van der Waals surface area contributed by atoms with Gasteiger partial charge in [0, 0.05) is 23.6 Å². The molecule has 0 saturated carbocycles. The van der Waals surface area contributed by atoms with E-state index in [1.54, 1.807) is 6.20 Å². The van der Waals surface area contributed by atoms with Crippen LogP contribution >= 0.6 is 0 Å². The lowest BCUT2D eigenvalue weighted by molar-refractivity contribution is 0.0699. The Labute approximate surface area is 104 Å². The van der Waals surface area contributed by atoms with Crippen molar-refractivity contribution in [3.8, 4) is 0 Å². The highest BCUT2D eigenvalue weighted by atomic mass is 16.4. The quantitative estimate of drug-likeness (QED) is 0.756. The summed E-state index contributed by atoms with van der Waals surface area (Å²) in [5.41, 5.74) is 3.70. The number of carboxylic acids is 1. The fraction of sp³-hybridized carbons (Fsp3) is 0.214. The number of aromatic nitrogens is 1. The molecule has 0 atom stereocenters. The first-order valence-corrected chi connectivity index (χ1v) is 6.00. The van der Waals surface area contributed by atoms with Crippen LogP contribution in [0, 0.1) is 0 Å². The average Bonchev–Trinajstić information content (AvgIpc) is 2.82. The number of rotatable bonds is 2. The molecule has 0 radical (unpaired) electrons. The number of aromatic amines is 1. The highest BCUT2D eigenvalue weighted by Gasteiger charge is 2.12. The number of H-pyrrole nitrogens is 1. The van der Waals surface area contributed by atoms with Gasteiger partial charge in [0.15, 0.2) is 0 Å². The van der Waals surface area contributed by atoms with Crippen LogP contribution in [0.3, 0.4) is 0 Å². The van der Waals surface area contributed by atoms with Gasteiger partial charge in [-0.3, -0.25) is 0 Å². The number of benzene rings is 1. The van der Waals surface area contributed by atoms with E-state index in [0.717, 1.165) is 30.4 Å². The van der Waals surface area contributed by atoms with Crippen molar-refractivity contribution >= 4 is 22.4 Å². The Morgan fingerprint density at radius 2 is 2.22 bits per heavy atom. The Morgan fingerprint density at radius 3 is 2.94 bits per heavy atom. The van der Waals surface area contributed by atoms with Gasteiger partial charge in [0.25, 0.3) is 0 Å². The number of carbonyl (C=O) groups is 1. The van der Waals surface area contributed by atoms with E-state index >= 15 is 0 Å². The zero-order valence-electron chi connectivity index (χ0n) is 9.86. The first kappa shape index (κ1) is 11.0. The number of nitrogens with one attached hydrogen (secondary N) is 2. The molecule has 18 heavy (non-hydrogen) atoms. The molecule has 0 fully saturated rings. The van der Waals surface area contributed by atoms with Crippen molar-refractivity contribution in [2.75, 3.05) is 13.1 Å². The second-order valence-corrected chi connectivity index (χ2v) is 4.45. The van der Waals surface area contributed by atoms with Gasteiger partial charge in [0.05, 0.1) is 5.56 Å². The molecule has 1 aliphatic rings. The lowest BCUT2D eigenvalue weighted by atomic mass is 9.99. The second-order valence-electron chi connectivity index (χ2n) is 4.45. The van der Waals surface area contributed by atoms with Crippen molar-refractivity contribution in [2.24, 2.45) is 0 Å². The van der Waals surface area contributed by atoms with E-state index in [2.05, 4.69) is 16.4 Å². The molecule has 0 spiro atoms. The number of hydrogen-bond donors (Lipinski definition) is 3. The molecule has 1 aliphatic heterocycles. The minimum Gasteiger partial charge on any atom is -0.478 e. The zero-order chi connectivity index (χ0) is 12.5. The average molecular weight is 242 g/mol. The zero-order valence-corrected chi connectivity index (χ0v) is 9.86. The summed E-state index contributed by atoms with van der Waals surface area (Å²) in [5, 5.41) is 13.1. The molecule has 3 rings (SSSR count). The number of aromatic carboxylic acids is 1. The van der Waals surface area contributed by atoms with Gasteiger partial charge in [-0.2, -0.15) is 0 Å². The molecule has 0 bridgehead atoms. The predicted molar refractivity (Wildman–Crippen MR) is 70.7 cm³/mol. The Morgan fingerprint density at radius 1 is 1.33 bits per heavy atom. The number of fused-ring (bicyclic) bond motifs is 1. The van der Waals surface area contributed by atoms with Crippen molar-refractivity contribution in [3.63, 3.8) is 0 Å². The lowest BCUT2D eigenvalue weighted by Crippen LogP contribution is -2.19. The maximum Gasteiger partial charge on any atom is 0.337 e. The minimum absolute atomic E-state index is 0.329. The summed E-state index contributed by atoms with van der Waals surface area (Å²) in [7, 11) is 0. The van der Waals surface area contributed by atoms with Crippen molar-refractivity contribution in [3.05, 3.63) is 41.6 Å². The van der Waals surface area contributed by atoms with Crippen molar-refractivity contribution in [1.82, 2.24) is 10.3 Å². The number of hydrogen-bond acceptors (Lipinski definition) is 2. The van der Waals surface area contributed by atoms with Crippen LogP contribution in [0.25, 0.3) is 16.5 Å². The molecule has 2 aromatic rings. The smallest absolute Gasteiger partial charge is 0.337 e. The second kappa shape index (κ2) is 4.31. The van der Waals surface area contributed by atoms with E-state index < -0.39 is 5.97 Å². The molecule has 1 aromatic carbocycles. The van der Waals surface area contributed by atoms with E-state index in [9.17, 15) is 4.79 Å². The number of carboxylic acid groups (broad SMARTS) is 1. The molecule has 3 N–H and O–H groups in total. The molecular formula is C14H14N2O2. The molecule has 0 amide bonds. The van der Waals surface area contributed by atoms with Crippen LogP contribution in [-0.2, 0) is 0 Å². The highest BCUT2D eigenvalue weighted by molar-refractivity contribution is 6.03. The van der Waals surface area contributed by atoms with Gasteiger partial charge < -0.3 is 15.4 Å². The van der Waals surface area contributed by atoms with E-state index in [1.807, 2.05) is 18.2 Å². The van der Waals surface area contributed by atoms with Crippen LogP contribution in [0.15, 0.2) is 30.5 Å². The molecule has 92 valence electrons. The maximum absolute atomic E-state index is 11.0. The van der Waals surface area contributed by atoms with E-state index in [0.29, 0.717) is 5.56 Å². The normalized spacial score (nSPS) is 15.7. The maximum atomic E-state index is 11.0. The minimum atomic E-state index is -0.893. The topological polar surface area (TPSA) is 65.1 Å².